The van der Waals surface area contributed by atoms with Crippen molar-refractivity contribution in [2.45, 2.75) is 38.0 Å². The predicted octanol–water partition coefficient (Wildman–Crippen LogP) is 3.43. The number of alkyl halides is 3. The molecular weight excluding hydrogens is 345 g/mol. The Labute approximate surface area is 149 Å². The number of hydrogen-bond acceptors (Lipinski definition) is 5. The van der Waals surface area contributed by atoms with Gasteiger partial charge in [0.25, 0.3) is 0 Å². The molecule has 8 heteroatoms. The van der Waals surface area contributed by atoms with Crippen LogP contribution in [0.2, 0.25) is 0 Å². The van der Waals surface area contributed by atoms with Crippen molar-refractivity contribution >= 4 is 0 Å². The van der Waals surface area contributed by atoms with Gasteiger partial charge in [0.15, 0.2) is 0 Å². The Kier molecular flexibility index (Phi) is 4.71. The molecule has 2 aliphatic heterocycles. The van der Waals surface area contributed by atoms with Crippen LogP contribution in [0, 0.1) is 0 Å². The fourth-order valence-corrected chi connectivity index (χ4v) is 3.80. The molecule has 0 aliphatic carbocycles. The van der Waals surface area contributed by atoms with Gasteiger partial charge < -0.3 is 4.52 Å². The Bertz CT molecular complexity index is 744. The van der Waals surface area contributed by atoms with Gasteiger partial charge in [0.05, 0.1) is 12.1 Å². The van der Waals surface area contributed by atoms with Gasteiger partial charge in [0.2, 0.25) is 11.7 Å². The van der Waals surface area contributed by atoms with Gasteiger partial charge in [-0.3, -0.25) is 9.80 Å². The summed E-state index contributed by atoms with van der Waals surface area (Å²) in [5.41, 5.74) is -0.166. The lowest BCUT2D eigenvalue weighted by Crippen LogP contribution is -2.54. The van der Waals surface area contributed by atoms with Gasteiger partial charge in [0.1, 0.15) is 0 Å². The van der Waals surface area contributed by atoms with Crippen LogP contribution in [-0.2, 0) is 12.7 Å². The Balaban J connectivity index is 1.40. The minimum Gasteiger partial charge on any atom is -0.338 e. The largest absolute Gasteiger partial charge is 0.416 e. The first kappa shape index (κ1) is 17.5. The lowest BCUT2D eigenvalue weighted by Gasteiger charge is -2.43. The molecule has 2 saturated heterocycles. The minimum absolute atomic E-state index is 0.324. The van der Waals surface area contributed by atoms with Gasteiger partial charge in [-0.25, -0.2) is 0 Å². The zero-order chi connectivity index (χ0) is 18.1. The van der Waals surface area contributed by atoms with Crippen molar-refractivity contribution < 1.29 is 17.7 Å². The molecule has 1 unspecified atom stereocenters. The summed E-state index contributed by atoms with van der Waals surface area (Å²) in [5, 5.41) is 3.92. The van der Waals surface area contributed by atoms with Crippen LogP contribution in [0.4, 0.5) is 13.2 Å². The van der Waals surface area contributed by atoms with E-state index in [1.807, 2.05) is 0 Å². The van der Waals surface area contributed by atoms with E-state index in [0.29, 0.717) is 29.9 Å². The first-order valence-corrected chi connectivity index (χ1v) is 8.96. The summed E-state index contributed by atoms with van der Waals surface area (Å²) >= 11 is 0. The number of piperazine rings is 1. The molecule has 0 saturated carbocycles. The highest BCUT2D eigenvalue weighted by atomic mass is 19.4. The summed E-state index contributed by atoms with van der Waals surface area (Å²) in [4.78, 5) is 9.23. The average Bonchev–Trinajstić information content (AvgIpc) is 3.09. The maximum absolute atomic E-state index is 12.6. The van der Waals surface area contributed by atoms with Crippen molar-refractivity contribution in [2.75, 3.05) is 26.2 Å². The van der Waals surface area contributed by atoms with Crippen LogP contribution in [0.3, 0.4) is 0 Å². The van der Waals surface area contributed by atoms with E-state index in [2.05, 4.69) is 19.9 Å². The van der Waals surface area contributed by atoms with E-state index in [9.17, 15) is 13.2 Å². The molecule has 2 aromatic rings. The summed E-state index contributed by atoms with van der Waals surface area (Å²) in [7, 11) is 0. The number of fused-ring (bicyclic) bond motifs is 1. The second-order valence-electron chi connectivity index (χ2n) is 7.01. The fourth-order valence-electron chi connectivity index (χ4n) is 3.80. The van der Waals surface area contributed by atoms with E-state index in [-0.39, 0.29) is 0 Å². The van der Waals surface area contributed by atoms with E-state index in [4.69, 9.17) is 4.52 Å². The van der Waals surface area contributed by atoms with Gasteiger partial charge in [0, 0.05) is 31.2 Å². The van der Waals surface area contributed by atoms with Gasteiger partial charge in [-0.2, -0.15) is 18.2 Å². The molecule has 4 rings (SSSR count). The average molecular weight is 366 g/mol. The lowest BCUT2D eigenvalue weighted by atomic mass is 9.99. The Morgan fingerprint density at radius 3 is 2.65 bits per heavy atom. The smallest absolute Gasteiger partial charge is 0.338 e. The number of piperidine rings is 1. The number of aromatic nitrogens is 2. The molecule has 26 heavy (non-hydrogen) atoms. The van der Waals surface area contributed by atoms with E-state index < -0.39 is 11.7 Å². The first-order valence-electron chi connectivity index (χ1n) is 8.96. The summed E-state index contributed by atoms with van der Waals surface area (Å²) in [6, 6.07) is 5.42. The Hall–Kier alpha value is -1.93. The van der Waals surface area contributed by atoms with Crippen LogP contribution >= 0.6 is 0 Å². The van der Waals surface area contributed by atoms with Crippen LogP contribution < -0.4 is 0 Å². The van der Waals surface area contributed by atoms with Gasteiger partial charge >= 0.3 is 6.18 Å². The van der Waals surface area contributed by atoms with E-state index in [1.54, 1.807) is 0 Å². The van der Waals surface area contributed by atoms with E-state index in [1.165, 1.54) is 37.9 Å². The molecule has 1 atom stereocenters. The monoisotopic (exact) mass is 366 g/mol. The molecule has 1 aromatic heterocycles. The van der Waals surface area contributed by atoms with Gasteiger partial charge in [-0.1, -0.05) is 23.7 Å². The van der Waals surface area contributed by atoms with Crippen LogP contribution in [0.25, 0.3) is 11.4 Å². The third-order valence-electron chi connectivity index (χ3n) is 5.22. The minimum atomic E-state index is -4.35. The van der Waals surface area contributed by atoms with Crippen LogP contribution in [0.5, 0.6) is 0 Å². The van der Waals surface area contributed by atoms with Gasteiger partial charge in [-0.05, 0) is 31.5 Å². The summed E-state index contributed by atoms with van der Waals surface area (Å²) in [6.45, 7) is 4.80. The quantitative estimate of drug-likeness (QED) is 0.833. The zero-order valence-electron chi connectivity index (χ0n) is 14.4. The van der Waals surface area contributed by atoms with Crippen molar-refractivity contribution in [3.63, 3.8) is 0 Å². The SMILES string of the molecule is FC(F)(F)c1ccc(-c2noc(CN3CCN4CCCCC4C3)n2)cc1. The van der Waals surface area contributed by atoms with Gasteiger partial charge in [-0.15, -0.1) is 0 Å². The van der Waals surface area contributed by atoms with Crippen molar-refractivity contribution in [1.29, 1.82) is 0 Å². The first-order chi connectivity index (χ1) is 12.5. The predicted molar refractivity (Wildman–Crippen MR) is 89.2 cm³/mol. The van der Waals surface area contributed by atoms with Crippen molar-refractivity contribution in [2.24, 2.45) is 0 Å². The standard InChI is InChI=1S/C18H21F3N4O/c19-18(20,21)14-6-4-13(5-7-14)17-22-16(26-23-17)12-24-9-10-25-8-2-1-3-15(25)11-24/h4-7,15H,1-3,8-12H2. The molecule has 140 valence electrons. The lowest BCUT2D eigenvalue weighted by molar-refractivity contribution is -0.137. The molecule has 0 spiro atoms. The summed E-state index contributed by atoms with van der Waals surface area (Å²) < 4.78 is 43.3. The van der Waals surface area contributed by atoms with Crippen molar-refractivity contribution in [3.8, 4) is 11.4 Å². The molecule has 5 nitrogen and oxygen atoms in total. The van der Waals surface area contributed by atoms with Crippen molar-refractivity contribution in [3.05, 3.63) is 35.7 Å². The molecule has 2 fully saturated rings. The Morgan fingerprint density at radius 2 is 1.88 bits per heavy atom. The molecule has 2 aliphatic rings. The third kappa shape index (κ3) is 3.76. The second-order valence-corrected chi connectivity index (χ2v) is 7.01. The zero-order valence-corrected chi connectivity index (χ0v) is 14.4. The molecule has 0 bridgehead atoms. The topological polar surface area (TPSA) is 45.4 Å². The molecular formula is C18H21F3N4O. The molecule has 0 amide bonds. The third-order valence-corrected chi connectivity index (χ3v) is 5.22. The molecule has 3 heterocycles. The maximum atomic E-state index is 12.6. The van der Waals surface area contributed by atoms with Crippen LogP contribution in [0.15, 0.2) is 28.8 Å². The van der Waals surface area contributed by atoms with E-state index in [0.717, 1.165) is 31.8 Å². The Morgan fingerprint density at radius 1 is 1.08 bits per heavy atom. The van der Waals surface area contributed by atoms with E-state index >= 15 is 0 Å². The normalized spacial score (nSPS) is 22.3. The number of rotatable bonds is 3. The van der Waals surface area contributed by atoms with Crippen molar-refractivity contribution in [1.82, 2.24) is 19.9 Å². The number of nitrogens with zero attached hydrogens (tertiary/aromatic N) is 4. The number of hydrogen-bond donors (Lipinski definition) is 0. The highest BCUT2D eigenvalue weighted by molar-refractivity contribution is 5.54. The molecule has 0 N–H and O–H groups in total. The highest BCUT2D eigenvalue weighted by Crippen LogP contribution is 2.30. The molecule has 0 radical (unpaired) electrons. The summed E-state index contributed by atoms with van der Waals surface area (Å²) in [6.07, 6.45) is -0.538. The number of benzene rings is 1. The fraction of sp³-hybridized carbons (Fsp3) is 0.556. The van der Waals surface area contributed by atoms with Crippen LogP contribution in [-0.4, -0.2) is 52.2 Å². The van der Waals surface area contributed by atoms with Crippen LogP contribution in [0.1, 0.15) is 30.7 Å². The second kappa shape index (κ2) is 7.00. The summed E-state index contributed by atoms with van der Waals surface area (Å²) in [5.74, 6) is 0.828. The molecule has 1 aromatic carbocycles. The highest BCUT2D eigenvalue weighted by Gasteiger charge is 2.31. The maximum Gasteiger partial charge on any atom is 0.416 e. The number of halogens is 3.